The van der Waals surface area contributed by atoms with Crippen molar-refractivity contribution in [1.82, 2.24) is 0 Å². The molecule has 0 rings (SSSR count). The van der Waals surface area contributed by atoms with Gasteiger partial charge in [-0.3, -0.25) is 0 Å². The third kappa shape index (κ3) is 3.54. The van der Waals surface area contributed by atoms with Crippen molar-refractivity contribution in [3.8, 4) is 0 Å². The molecular weight excluding hydrogens is 140 g/mol. The van der Waals surface area contributed by atoms with E-state index in [9.17, 15) is 5.11 Å². The molecule has 0 amide bonds. The number of aliphatic hydroxyl groups excluding tert-OH is 2. The molecule has 0 heterocycles. The van der Waals surface area contributed by atoms with E-state index in [0.29, 0.717) is 6.42 Å². The number of allylic oxidation sites excluding steroid dienone is 1. The van der Waals surface area contributed by atoms with Crippen LogP contribution in [0.4, 0.5) is 0 Å². The lowest BCUT2D eigenvalue weighted by atomic mass is 9.85. The quantitative estimate of drug-likeness (QED) is 0.593. The first-order chi connectivity index (χ1) is 5.04. The van der Waals surface area contributed by atoms with Gasteiger partial charge in [0.15, 0.2) is 0 Å². The number of rotatable bonds is 5. The SMILES string of the molecule is C=CCCC(O)C(C)(C)CO. The zero-order valence-corrected chi connectivity index (χ0v) is 7.38. The first-order valence-electron chi connectivity index (χ1n) is 3.94. The van der Waals surface area contributed by atoms with Crippen molar-refractivity contribution in [3.05, 3.63) is 12.7 Å². The summed E-state index contributed by atoms with van der Waals surface area (Å²) in [5.74, 6) is 0. The Balaban J connectivity index is 3.80. The Bertz CT molecular complexity index is 119. The molecule has 0 spiro atoms. The van der Waals surface area contributed by atoms with Gasteiger partial charge < -0.3 is 10.2 Å². The van der Waals surface area contributed by atoms with Crippen LogP contribution in [0.5, 0.6) is 0 Å². The van der Waals surface area contributed by atoms with Crippen LogP contribution in [0.2, 0.25) is 0 Å². The van der Waals surface area contributed by atoms with Gasteiger partial charge in [0.1, 0.15) is 0 Å². The zero-order valence-electron chi connectivity index (χ0n) is 7.38. The van der Waals surface area contributed by atoms with Crippen LogP contribution >= 0.6 is 0 Å². The lowest BCUT2D eigenvalue weighted by Crippen LogP contribution is -2.32. The molecule has 0 fully saturated rings. The van der Waals surface area contributed by atoms with E-state index in [1.54, 1.807) is 6.08 Å². The number of aliphatic hydroxyl groups is 2. The van der Waals surface area contributed by atoms with Crippen molar-refractivity contribution >= 4 is 0 Å². The highest BCUT2D eigenvalue weighted by molar-refractivity contribution is 4.79. The van der Waals surface area contributed by atoms with E-state index in [2.05, 4.69) is 6.58 Å². The largest absolute Gasteiger partial charge is 0.396 e. The molecule has 2 N–H and O–H groups in total. The van der Waals surface area contributed by atoms with Gasteiger partial charge in [0.05, 0.1) is 12.7 Å². The third-order valence-corrected chi connectivity index (χ3v) is 1.95. The number of hydrogen-bond donors (Lipinski definition) is 2. The molecular formula is C9H18O2. The Labute approximate surface area is 68.6 Å². The molecule has 2 heteroatoms. The minimum Gasteiger partial charge on any atom is -0.396 e. The van der Waals surface area contributed by atoms with Gasteiger partial charge >= 0.3 is 0 Å². The van der Waals surface area contributed by atoms with E-state index < -0.39 is 6.10 Å². The van der Waals surface area contributed by atoms with Crippen molar-refractivity contribution in [2.24, 2.45) is 5.41 Å². The molecule has 0 aromatic rings. The van der Waals surface area contributed by atoms with Crippen molar-refractivity contribution in [3.63, 3.8) is 0 Å². The molecule has 0 aromatic heterocycles. The third-order valence-electron chi connectivity index (χ3n) is 1.95. The maximum absolute atomic E-state index is 9.50. The van der Waals surface area contributed by atoms with Gasteiger partial charge in [-0.15, -0.1) is 6.58 Å². The van der Waals surface area contributed by atoms with E-state index in [-0.39, 0.29) is 12.0 Å². The van der Waals surface area contributed by atoms with E-state index in [1.807, 2.05) is 13.8 Å². The summed E-state index contributed by atoms with van der Waals surface area (Å²) in [5, 5.41) is 18.4. The first-order valence-corrected chi connectivity index (χ1v) is 3.94. The van der Waals surface area contributed by atoms with Gasteiger partial charge in [0.2, 0.25) is 0 Å². The van der Waals surface area contributed by atoms with Gasteiger partial charge in [0, 0.05) is 5.41 Å². The summed E-state index contributed by atoms with van der Waals surface area (Å²) in [7, 11) is 0. The molecule has 1 unspecified atom stereocenters. The zero-order chi connectivity index (χ0) is 8.91. The molecule has 0 aromatic carbocycles. The minimum atomic E-state index is -0.439. The van der Waals surface area contributed by atoms with E-state index in [1.165, 1.54) is 0 Å². The Hall–Kier alpha value is -0.340. The van der Waals surface area contributed by atoms with Crippen LogP contribution in [0, 0.1) is 5.41 Å². The maximum atomic E-state index is 9.50. The first kappa shape index (κ1) is 10.7. The second-order valence-corrected chi connectivity index (χ2v) is 3.53. The second kappa shape index (κ2) is 4.52. The fourth-order valence-electron chi connectivity index (χ4n) is 0.772. The van der Waals surface area contributed by atoms with Crippen molar-refractivity contribution in [2.75, 3.05) is 6.61 Å². The van der Waals surface area contributed by atoms with Gasteiger partial charge in [-0.05, 0) is 12.8 Å². The molecule has 0 bridgehead atoms. The van der Waals surface area contributed by atoms with E-state index in [0.717, 1.165) is 6.42 Å². The van der Waals surface area contributed by atoms with Crippen LogP contribution in [0.15, 0.2) is 12.7 Å². The van der Waals surface area contributed by atoms with Gasteiger partial charge in [-0.25, -0.2) is 0 Å². The van der Waals surface area contributed by atoms with E-state index in [4.69, 9.17) is 5.11 Å². The van der Waals surface area contributed by atoms with Gasteiger partial charge in [-0.1, -0.05) is 19.9 Å². The average Bonchev–Trinajstić information content (AvgIpc) is 2.00. The van der Waals surface area contributed by atoms with Crippen LogP contribution in [0.25, 0.3) is 0 Å². The minimum absolute atomic E-state index is 0.0192. The molecule has 0 saturated carbocycles. The van der Waals surface area contributed by atoms with Crippen molar-refractivity contribution in [1.29, 1.82) is 0 Å². The fourth-order valence-corrected chi connectivity index (χ4v) is 0.772. The van der Waals surface area contributed by atoms with Crippen LogP contribution in [-0.2, 0) is 0 Å². The molecule has 66 valence electrons. The summed E-state index contributed by atoms with van der Waals surface area (Å²) in [6, 6.07) is 0. The summed E-state index contributed by atoms with van der Waals surface area (Å²) >= 11 is 0. The van der Waals surface area contributed by atoms with Crippen LogP contribution in [0.3, 0.4) is 0 Å². The van der Waals surface area contributed by atoms with Crippen molar-refractivity contribution < 1.29 is 10.2 Å². The van der Waals surface area contributed by atoms with Crippen LogP contribution in [0.1, 0.15) is 26.7 Å². The van der Waals surface area contributed by atoms with Crippen molar-refractivity contribution in [2.45, 2.75) is 32.8 Å². The lowest BCUT2D eigenvalue weighted by Gasteiger charge is -2.27. The second-order valence-electron chi connectivity index (χ2n) is 3.53. The summed E-state index contributed by atoms with van der Waals surface area (Å²) in [5.41, 5.74) is -0.386. The van der Waals surface area contributed by atoms with Crippen LogP contribution in [-0.4, -0.2) is 22.9 Å². The summed E-state index contributed by atoms with van der Waals surface area (Å²) < 4.78 is 0. The van der Waals surface area contributed by atoms with Crippen LogP contribution < -0.4 is 0 Å². The Morgan fingerprint density at radius 1 is 1.55 bits per heavy atom. The van der Waals surface area contributed by atoms with Gasteiger partial charge in [0.25, 0.3) is 0 Å². The summed E-state index contributed by atoms with van der Waals surface area (Å²) in [6.07, 6.45) is 2.81. The number of hydrogen-bond acceptors (Lipinski definition) is 2. The average molecular weight is 158 g/mol. The molecule has 0 aliphatic carbocycles. The molecule has 11 heavy (non-hydrogen) atoms. The fraction of sp³-hybridized carbons (Fsp3) is 0.778. The topological polar surface area (TPSA) is 40.5 Å². The molecule has 0 aliphatic heterocycles. The Kier molecular flexibility index (Phi) is 4.38. The standard InChI is InChI=1S/C9H18O2/c1-4-5-6-8(11)9(2,3)7-10/h4,8,10-11H,1,5-7H2,2-3H3. The predicted octanol–water partition coefficient (Wildman–Crippen LogP) is 1.33. The van der Waals surface area contributed by atoms with E-state index >= 15 is 0 Å². The highest BCUT2D eigenvalue weighted by Crippen LogP contribution is 2.22. The normalized spacial score (nSPS) is 14.5. The Morgan fingerprint density at radius 3 is 2.45 bits per heavy atom. The smallest absolute Gasteiger partial charge is 0.0616 e. The molecule has 0 saturated heterocycles. The molecule has 1 atom stereocenters. The molecule has 2 nitrogen and oxygen atoms in total. The summed E-state index contributed by atoms with van der Waals surface area (Å²) in [4.78, 5) is 0. The maximum Gasteiger partial charge on any atom is 0.0616 e. The highest BCUT2D eigenvalue weighted by atomic mass is 16.3. The highest BCUT2D eigenvalue weighted by Gasteiger charge is 2.25. The lowest BCUT2D eigenvalue weighted by molar-refractivity contribution is 0.00355. The molecule has 0 aliphatic rings. The molecule has 0 radical (unpaired) electrons. The summed E-state index contributed by atoms with van der Waals surface area (Å²) in [6.45, 7) is 7.28. The van der Waals surface area contributed by atoms with Gasteiger partial charge in [-0.2, -0.15) is 0 Å². The predicted molar refractivity (Wildman–Crippen MR) is 46.3 cm³/mol. The Morgan fingerprint density at radius 2 is 2.09 bits per heavy atom. The monoisotopic (exact) mass is 158 g/mol.